The molecule has 0 bridgehead atoms. The van der Waals surface area contributed by atoms with Crippen molar-refractivity contribution in [1.29, 1.82) is 0 Å². The van der Waals surface area contributed by atoms with Crippen molar-refractivity contribution >= 4 is 17.7 Å². The minimum Gasteiger partial charge on any atom is -0.497 e. The number of hydrogen-bond acceptors (Lipinski definition) is 3. The largest absolute Gasteiger partial charge is 0.497 e. The molecule has 4 heteroatoms. The number of carboxylic acid groups (broad SMARTS) is 1. The average Bonchev–Trinajstić information content (AvgIpc) is 2.64. The second-order valence-electron chi connectivity index (χ2n) is 6.00. The zero-order valence-corrected chi connectivity index (χ0v) is 15.6. The molecule has 134 valence electrons. The first-order valence-corrected chi connectivity index (χ1v) is 9.77. The number of unbranched alkanes of at least 4 members (excludes halogenated alkanes) is 4. The van der Waals surface area contributed by atoms with E-state index >= 15 is 0 Å². The van der Waals surface area contributed by atoms with Crippen LogP contribution in [0.2, 0.25) is 0 Å². The molecule has 0 aromatic heterocycles. The fourth-order valence-corrected chi connectivity index (χ4v) is 3.67. The molecular weight excluding hydrogens is 332 g/mol. The van der Waals surface area contributed by atoms with E-state index in [2.05, 4.69) is 12.1 Å². The lowest BCUT2D eigenvalue weighted by atomic mass is 10.0. The van der Waals surface area contributed by atoms with Gasteiger partial charge < -0.3 is 9.84 Å². The lowest BCUT2D eigenvalue weighted by molar-refractivity contribution is 0.0695. The van der Waals surface area contributed by atoms with E-state index in [0.717, 1.165) is 36.3 Å². The van der Waals surface area contributed by atoms with Crippen molar-refractivity contribution in [1.82, 2.24) is 0 Å². The van der Waals surface area contributed by atoms with Gasteiger partial charge in [-0.05, 0) is 60.9 Å². The maximum atomic E-state index is 11.2. The molecule has 0 spiro atoms. The molecular formula is C21H26O3S. The van der Waals surface area contributed by atoms with E-state index < -0.39 is 5.97 Å². The topological polar surface area (TPSA) is 46.5 Å². The van der Waals surface area contributed by atoms with Gasteiger partial charge in [0, 0.05) is 4.90 Å². The molecule has 2 rings (SSSR count). The Kier molecular flexibility index (Phi) is 8.40. The van der Waals surface area contributed by atoms with Crippen LogP contribution in [0, 0.1) is 0 Å². The molecule has 0 radical (unpaired) electrons. The van der Waals surface area contributed by atoms with Gasteiger partial charge in [-0.3, -0.25) is 0 Å². The van der Waals surface area contributed by atoms with Crippen LogP contribution < -0.4 is 4.74 Å². The monoisotopic (exact) mass is 358 g/mol. The predicted octanol–water partition coefficient (Wildman–Crippen LogP) is 5.68. The first-order chi connectivity index (χ1) is 12.2. The summed E-state index contributed by atoms with van der Waals surface area (Å²) in [4.78, 5) is 12.5. The van der Waals surface area contributed by atoms with Crippen LogP contribution in [0.25, 0.3) is 0 Å². The Morgan fingerprint density at radius 3 is 2.36 bits per heavy atom. The van der Waals surface area contributed by atoms with Crippen LogP contribution in [0.5, 0.6) is 5.75 Å². The van der Waals surface area contributed by atoms with Crippen LogP contribution in [0.1, 0.15) is 48.0 Å². The number of thioether (sulfide) groups is 1. The quantitative estimate of drug-likeness (QED) is 0.415. The Labute approximate surface area is 154 Å². The highest BCUT2D eigenvalue weighted by molar-refractivity contribution is 7.99. The van der Waals surface area contributed by atoms with Gasteiger partial charge >= 0.3 is 5.97 Å². The van der Waals surface area contributed by atoms with Gasteiger partial charge in [-0.1, -0.05) is 37.5 Å². The molecule has 3 nitrogen and oxygen atoms in total. The molecule has 0 atom stereocenters. The van der Waals surface area contributed by atoms with E-state index in [1.807, 2.05) is 36.0 Å². The third-order valence-corrected chi connectivity index (χ3v) is 5.26. The molecule has 0 amide bonds. The standard InChI is InChI=1S/C21H26O3S/c1-24-18-12-14-19(15-13-18)25-16-8-4-2-3-5-9-17-10-6-7-11-20(17)21(22)23/h6-7,10-15H,2-5,8-9,16H2,1H3,(H,22,23). The molecule has 0 aliphatic rings. The molecule has 1 N–H and O–H groups in total. The molecule has 0 heterocycles. The summed E-state index contributed by atoms with van der Waals surface area (Å²) in [6.07, 6.45) is 6.70. The van der Waals surface area contributed by atoms with Crippen molar-refractivity contribution < 1.29 is 14.6 Å². The van der Waals surface area contributed by atoms with Crippen LogP contribution in [0.3, 0.4) is 0 Å². The highest BCUT2D eigenvalue weighted by Crippen LogP contribution is 2.22. The van der Waals surface area contributed by atoms with E-state index in [-0.39, 0.29) is 0 Å². The van der Waals surface area contributed by atoms with E-state index in [1.54, 1.807) is 19.2 Å². The lowest BCUT2D eigenvalue weighted by Crippen LogP contribution is -2.02. The summed E-state index contributed by atoms with van der Waals surface area (Å²) >= 11 is 1.88. The summed E-state index contributed by atoms with van der Waals surface area (Å²) < 4.78 is 5.16. The maximum absolute atomic E-state index is 11.2. The number of ether oxygens (including phenoxy) is 1. The Balaban J connectivity index is 1.56. The fourth-order valence-electron chi connectivity index (χ4n) is 2.76. The number of benzene rings is 2. The van der Waals surface area contributed by atoms with Gasteiger partial charge in [0.1, 0.15) is 5.75 Å². The Morgan fingerprint density at radius 1 is 0.960 bits per heavy atom. The first-order valence-electron chi connectivity index (χ1n) is 8.79. The van der Waals surface area contributed by atoms with Crippen molar-refractivity contribution in [3.63, 3.8) is 0 Å². The summed E-state index contributed by atoms with van der Waals surface area (Å²) in [5.41, 5.74) is 1.39. The highest BCUT2D eigenvalue weighted by Gasteiger charge is 2.08. The smallest absolute Gasteiger partial charge is 0.335 e. The van der Waals surface area contributed by atoms with E-state index in [4.69, 9.17) is 4.74 Å². The second-order valence-corrected chi connectivity index (χ2v) is 7.17. The summed E-state index contributed by atoms with van der Waals surface area (Å²) in [6, 6.07) is 15.5. The number of carboxylic acids is 1. The van der Waals surface area contributed by atoms with Crippen molar-refractivity contribution in [2.75, 3.05) is 12.9 Å². The van der Waals surface area contributed by atoms with Gasteiger partial charge in [0.25, 0.3) is 0 Å². The molecule has 0 saturated carbocycles. The van der Waals surface area contributed by atoms with Gasteiger partial charge in [0.2, 0.25) is 0 Å². The molecule has 0 unspecified atom stereocenters. The summed E-state index contributed by atoms with van der Waals surface area (Å²) in [5.74, 6) is 1.20. The predicted molar refractivity (Wildman–Crippen MR) is 104 cm³/mol. The maximum Gasteiger partial charge on any atom is 0.335 e. The number of carbonyl (C=O) groups is 1. The van der Waals surface area contributed by atoms with Crippen molar-refractivity contribution in [3.8, 4) is 5.75 Å². The summed E-state index contributed by atoms with van der Waals surface area (Å²) in [6.45, 7) is 0. The van der Waals surface area contributed by atoms with Gasteiger partial charge in [0.15, 0.2) is 0 Å². The molecule has 2 aromatic rings. The van der Waals surface area contributed by atoms with Gasteiger partial charge in [-0.15, -0.1) is 11.8 Å². The minimum absolute atomic E-state index is 0.443. The molecule has 0 saturated heterocycles. The molecule has 2 aromatic carbocycles. The third-order valence-electron chi connectivity index (χ3n) is 4.17. The third kappa shape index (κ3) is 6.83. The molecule has 0 aliphatic heterocycles. The van der Waals surface area contributed by atoms with Gasteiger partial charge in [0.05, 0.1) is 12.7 Å². The zero-order chi connectivity index (χ0) is 17.9. The summed E-state index contributed by atoms with van der Waals surface area (Å²) in [7, 11) is 1.68. The molecule has 0 fully saturated rings. The van der Waals surface area contributed by atoms with Crippen LogP contribution >= 0.6 is 11.8 Å². The number of aryl methyl sites for hydroxylation is 1. The van der Waals surface area contributed by atoms with Crippen LogP contribution in [-0.4, -0.2) is 23.9 Å². The van der Waals surface area contributed by atoms with Crippen molar-refractivity contribution in [3.05, 3.63) is 59.7 Å². The fraction of sp³-hybridized carbons (Fsp3) is 0.381. The Morgan fingerprint density at radius 2 is 1.64 bits per heavy atom. The summed E-state index contributed by atoms with van der Waals surface area (Å²) in [5, 5.41) is 9.18. The number of rotatable bonds is 11. The van der Waals surface area contributed by atoms with Crippen LogP contribution in [0.15, 0.2) is 53.4 Å². The van der Waals surface area contributed by atoms with Gasteiger partial charge in [-0.2, -0.15) is 0 Å². The number of hydrogen-bond donors (Lipinski definition) is 1. The Hall–Kier alpha value is -1.94. The minimum atomic E-state index is -0.828. The lowest BCUT2D eigenvalue weighted by Gasteiger charge is -2.06. The zero-order valence-electron chi connectivity index (χ0n) is 14.7. The van der Waals surface area contributed by atoms with Crippen molar-refractivity contribution in [2.45, 2.75) is 43.4 Å². The average molecular weight is 359 g/mol. The van der Waals surface area contributed by atoms with Crippen LogP contribution in [-0.2, 0) is 6.42 Å². The normalized spacial score (nSPS) is 10.6. The number of methoxy groups -OCH3 is 1. The first kappa shape index (κ1) is 19.4. The van der Waals surface area contributed by atoms with Crippen molar-refractivity contribution in [2.24, 2.45) is 0 Å². The Bertz CT molecular complexity index is 652. The highest BCUT2D eigenvalue weighted by atomic mass is 32.2. The number of aromatic carboxylic acids is 1. The molecule has 25 heavy (non-hydrogen) atoms. The van der Waals surface area contributed by atoms with Crippen LogP contribution in [0.4, 0.5) is 0 Å². The van der Waals surface area contributed by atoms with E-state index in [0.29, 0.717) is 5.56 Å². The second kappa shape index (κ2) is 10.8. The van der Waals surface area contributed by atoms with Gasteiger partial charge in [-0.25, -0.2) is 4.79 Å². The SMILES string of the molecule is COc1ccc(SCCCCCCCc2ccccc2C(=O)O)cc1. The van der Waals surface area contributed by atoms with E-state index in [9.17, 15) is 9.90 Å². The van der Waals surface area contributed by atoms with E-state index in [1.165, 1.54) is 24.2 Å². The molecule has 0 aliphatic carbocycles.